The molecule has 1 atom stereocenters. The van der Waals surface area contributed by atoms with E-state index in [0.29, 0.717) is 5.88 Å². The number of alkyl halides is 1. The molecule has 2 aromatic rings. The summed E-state index contributed by atoms with van der Waals surface area (Å²) in [6.07, 6.45) is 0. The minimum atomic E-state index is -2.66. The monoisotopic (exact) mass is 279 g/mol. The Morgan fingerprint density at radius 3 is 2.33 bits per heavy atom. The maximum atomic E-state index is 12.8. The SMILES string of the molecule is CP(=O)(Nc1ccccc1)c1ccccc1CCl. The van der Waals surface area contributed by atoms with Gasteiger partial charge in [0.1, 0.15) is 0 Å². The van der Waals surface area contributed by atoms with Gasteiger partial charge in [0.05, 0.1) is 0 Å². The number of para-hydroxylation sites is 1. The minimum Gasteiger partial charge on any atom is -0.333 e. The lowest BCUT2D eigenvalue weighted by atomic mass is 10.2. The highest BCUT2D eigenvalue weighted by Gasteiger charge is 2.20. The van der Waals surface area contributed by atoms with Gasteiger partial charge in [-0.25, -0.2) is 0 Å². The van der Waals surface area contributed by atoms with E-state index >= 15 is 0 Å². The molecule has 1 N–H and O–H groups in total. The predicted octanol–water partition coefficient (Wildman–Crippen LogP) is 4.07. The molecular weight excluding hydrogens is 265 g/mol. The van der Waals surface area contributed by atoms with E-state index in [1.807, 2.05) is 54.6 Å². The van der Waals surface area contributed by atoms with Crippen molar-refractivity contribution in [3.63, 3.8) is 0 Å². The lowest BCUT2D eigenvalue weighted by Crippen LogP contribution is -2.14. The van der Waals surface area contributed by atoms with Crippen LogP contribution in [0.25, 0.3) is 0 Å². The van der Waals surface area contributed by atoms with Crippen molar-refractivity contribution in [1.82, 2.24) is 0 Å². The average Bonchev–Trinajstić information content (AvgIpc) is 2.39. The van der Waals surface area contributed by atoms with Crippen LogP contribution >= 0.6 is 18.9 Å². The fourth-order valence-corrected chi connectivity index (χ4v) is 4.02. The second kappa shape index (κ2) is 5.60. The molecule has 4 heteroatoms. The normalized spacial score (nSPS) is 13.9. The fraction of sp³-hybridized carbons (Fsp3) is 0.143. The van der Waals surface area contributed by atoms with Crippen LogP contribution in [0.2, 0.25) is 0 Å². The summed E-state index contributed by atoms with van der Waals surface area (Å²) in [4.78, 5) is 0. The van der Waals surface area contributed by atoms with Crippen LogP contribution in [0.15, 0.2) is 54.6 Å². The fourth-order valence-electron chi connectivity index (χ4n) is 1.86. The first kappa shape index (κ1) is 13.2. The Morgan fingerprint density at radius 1 is 1.06 bits per heavy atom. The van der Waals surface area contributed by atoms with E-state index < -0.39 is 7.29 Å². The molecule has 2 nitrogen and oxygen atoms in total. The zero-order valence-corrected chi connectivity index (χ0v) is 11.8. The molecule has 0 spiro atoms. The molecule has 0 fully saturated rings. The van der Waals surface area contributed by atoms with Gasteiger partial charge in [-0.2, -0.15) is 0 Å². The summed E-state index contributed by atoms with van der Waals surface area (Å²) in [6.45, 7) is 1.73. The standard InChI is InChI=1S/C14H15ClNOP/c1-18(17,16-13-8-3-2-4-9-13)14-10-6-5-7-12(14)11-15/h2-10H,11H2,1H3,(H,16,17). The average molecular weight is 280 g/mol. The molecule has 0 aromatic heterocycles. The highest BCUT2D eigenvalue weighted by molar-refractivity contribution is 7.72. The molecule has 0 heterocycles. The Kier molecular flexibility index (Phi) is 4.11. The van der Waals surface area contributed by atoms with E-state index in [0.717, 1.165) is 16.6 Å². The molecule has 1 unspecified atom stereocenters. The third-order valence-corrected chi connectivity index (χ3v) is 5.04. The summed E-state index contributed by atoms with van der Waals surface area (Å²) < 4.78 is 12.8. The predicted molar refractivity (Wildman–Crippen MR) is 79.2 cm³/mol. The Labute approximate surface area is 112 Å². The van der Waals surface area contributed by atoms with Gasteiger partial charge in [0.15, 0.2) is 7.29 Å². The first-order chi connectivity index (χ1) is 8.63. The van der Waals surface area contributed by atoms with Crippen LogP contribution in [0.5, 0.6) is 0 Å². The number of nitrogens with one attached hydrogen (secondary N) is 1. The Morgan fingerprint density at radius 2 is 1.67 bits per heavy atom. The summed E-state index contributed by atoms with van der Waals surface area (Å²) in [5.41, 5.74) is 1.76. The van der Waals surface area contributed by atoms with Crippen molar-refractivity contribution in [2.45, 2.75) is 5.88 Å². The van der Waals surface area contributed by atoms with Gasteiger partial charge in [-0.3, -0.25) is 4.57 Å². The Hall–Kier alpha value is -1.24. The Balaban J connectivity index is 2.34. The molecule has 0 aliphatic carbocycles. The first-order valence-electron chi connectivity index (χ1n) is 5.69. The highest BCUT2D eigenvalue weighted by Crippen LogP contribution is 2.41. The van der Waals surface area contributed by atoms with Crippen LogP contribution in [0.3, 0.4) is 0 Å². The summed E-state index contributed by atoms with van der Waals surface area (Å²) in [5.74, 6) is 0.366. The van der Waals surface area contributed by atoms with Gasteiger partial charge in [-0.05, 0) is 23.8 Å². The molecule has 0 aliphatic heterocycles. The van der Waals surface area contributed by atoms with Gasteiger partial charge in [0.25, 0.3) is 0 Å². The second-order valence-corrected chi connectivity index (χ2v) is 6.99. The zero-order valence-electron chi connectivity index (χ0n) is 10.1. The van der Waals surface area contributed by atoms with Gasteiger partial charge in [-0.15, -0.1) is 11.6 Å². The van der Waals surface area contributed by atoms with Gasteiger partial charge in [0, 0.05) is 23.5 Å². The van der Waals surface area contributed by atoms with Crippen LogP contribution in [0.4, 0.5) is 5.69 Å². The van der Waals surface area contributed by atoms with E-state index in [9.17, 15) is 4.57 Å². The molecule has 0 radical (unpaired) electrons. The lowest BCUT2D eigenvalue weighted by Gasteiger charge is -2.18. The molecule has 0 bridgehead atoms. The molecule has 0 aliphatic rings. The summed E-state index contributed by atoms with van der Waals surface area (Å²) >= 11 is 5.89. The van der Waals surface area contributed by atoms with Gasteiger partial charge in [0.2, 0.25) is 0 Å². The van der Waals surface area contributed by atoms with Crippen molar-refractivity contribution in [3.8, 4) is 0 Å². The van der Waals surface area contributed by atoms with Crippen LogP contribution in [-0.4, -0.2) is 6.66 Å². The van der Waals surface area contributed by atoms with E-state index in [1.54, 1.807) is 6.66 Å². The van der Waals surface area contributed by atoms with Crippen LogP contribution < -0.4 is 10.4 Å². The first-order valence-corrected chi connectivity index (χ1v) is 8.37. The number of hydrogen-bond acceptors (Lipinski definition) is 1. The van der Waals surface area contributed by atoms with Crippen molar-refractivity contribution in [2.24, 2.45) is 0 Å². The summed E-state index contributed by atoms with van der Waals surface area (Å²) in [5, 5.41) is 3.90. The van der Waals surface area contributed by atoms with E-state index in [2.05, 4.69) is 5.09 Å². The quantitative estimate of drug-likeness (QED) is 0.675. The summed E-state index contributed by atoms with van der Waals surface area (Å²) in [7, 11) is -2.66. The molecular formula is C14H15ClNOP. The van der Waals surface area contributed by atoms with Crippen LogP contribution in [-0.2, 0) is 10.4 Å². The van der Waals surface area contributed by atoms with Crippen molar-refractivity contribution in [2.75, 3.05) is 11.8 Å². The maximum absolute atomic E-state index is 12.8. The number of benzene rings is 2. The molecule has 0 saturated carbocycles. The van der Waals surface area contributed by atoms with Gasteiger partial charge < -0.3 is 5.09 Å². The minimum absolute atomic E-state index is 0.366. The third kappa shape index (κ3) is 2.95. The molecule has 18 heavy (non-hydrogen) atoms. The van der Waals surface area contributed by atoms with Crippen molar-refractivity contribution in [1.29, 1.82) is 0 Å². The molecule has 0 amide bonds. The maximum Gasteiger partial charge on any atom is 0.195 e. The highest BCUT2D eigenvalue weighted by atomic mass is 35.5. The van der Waals surface area contributed by atoms with E-state index in [-0.39, 0.29) is 0 Å². The zero-order chi connectivity index (χ0) is 13.0. The Bertz CT molecular complexity index is 571. The van der Waals surface area contributed by atoms with E-state index in [1.165, 1.54) is 0 Å². The van der Waals surface area contributed by atoms with Crippen LogP contribution in [0, 0.1) is 0 Å². The van der Waals surface area contributed by atoms with E-state index in [4.69, 9.17) is 11.6 Å². The number of rotatable bonds is 4. The summed E-state index contributed by atoms with van der Waals surface area (Å²) in [6, 6.07) is 17.1. The van der Waals surface area contributed by atoms with Crippen molar-refractivity contribution in [3.05, 3.63) is 60.2 Å². The van der Waals surface area contributed by atoms with Crippen molar-refractivity contribution < 1.29 is 4.57 Å². The molecule has 2 aromatic carbocycles. The number of hydrogen-bond donors (Lipinski definition) is 1. The molecule has 94 valence electrons. The van der Waals surface area contributed by atoms with Crippen LogP contribution in [0.1, 0.15) is 5.56 Å². The van der Waals surface area contributed by atoms with Gasteiger partial charge in [-0.1, -0.05) is 36.4 Å². The van der Waals surface area contributed by atoms with Crippen molar-refractivity contribution >= 4 is 29.9 Å². The van der Waals surface area contributed by atoms with Gasteiger partial charge >= 0.3 is 0 Å². The number of anilines is 1. The largest absolute Gasteiger partial charge is 0.333 e. The molecule has 0 saturated heterocycles. The second-order valence-electron chi connectivity index (χ2n) is 4.16. The lowest BCUT2D eigenvalue weighted by molar-refractivity contribution is 0.588. The topological polar surface area (TPSA) is 29.1 Å². The number of halogens is 1. The smallest absolute Gasteiger partial charge is 0.195 e. The molecule has 2 rings (SSSR count). The third-order valence-electron chi connectivity index (χ3n) is 2.71.